The van der Waals surface area contributed by atoms with Crippen LogP contribution in [0.1, 0.15) is 51.9 Å². The van der Waals surface area contributed by atoms with Gasteiger partial charge in [0.2, 0.25) is 5.91 Å². The Hall–Kier alpha value is -0.610. The van der Waals surface area contributed by atoms with E-state index >= 15 is 0 Å². The fraction of sp³-hybridized carbons (Fsp3) is 0.938. The summed E-state index contributed by atoms with van der Waals surface area (Å²) in [6.45, 7) is 6.96. The summed E-state index contributed by atoms with van der Waals surface area (Å²) in [5, 5.41) is 0. The van der Waals surface area contributed by atoms with E-state index < -0.39 is 0 Å². The molecule has 1 atom stereocenters. The van der Waals surface area contributed by atoms with Gasteiger partial charge in [-0.2, -0.15) is 0 Å². The van der Waals surface area contributed by atoms with Gasteiger partial charge in [0.1, 0.15) is 0 Å². The monoisotopic (exact) mass is 280 g/mol. The lowest BCUT2D eigenvalue weighted by Crippen LogP contribution is -2.56. The van der Waals surface area contributed by atoms with E-state index in [0.29, 0.717) is 5.91 Å². The summed E-state index contributed by atoms with van der Waals surface area (Å²) in [6, 6.07) is 0.0597. The van der Waals surface area contributed by atoms with Crippen molar-refractivity contribution in [2.45, 2.75) is 63.5 Å². The normalized spacial score (nSPS) is 28.8. The first-order valence-corrected chi connectivity index (χ1v) is 8.37. The molecule has 0 aliphatic carbocycles. The molecule has 3 heterocycles. The lowest BCUT2D eigenvalue weighted by atomic mass is 9.84. The Morgan fingerprint density at radius 1 is 1.00 bits per heavy atom. The van der Waals surface area contributed by atoms with Crippen LogP contribution < -0.4 is 0 Å². The van der Waals surface area contributed by atoms with Crippen LogP contribution in [0.2, 0.25) is 0 Å². The maximum absolute atomic E-state index is 12.7. The first kappa shape index (κ1) is 14.3. The molecule has 0 aromatic rings. The quantitative estimate of drug-likeness (QED) is 0.776. The smallest absolute Gasteiger partial charge is 0.239 e. The zero-order chi connectivity index (χ0) is 14.0. The largest absolute Gasteiger partial charge is 0.375 e. The summed E-state index contributed by atoms with van der Waals surface area (Å²) in [5.41, 5.74) is 0.141. The van der Waals surface area contributed by atoms with Crippen LogP contribution in [0.4, 0.5) is 0 Å². The van der Waals surface area contributed by atoms with Gasteiger partial charge in [-0.25, -0.2) is 0 Å². The molecule has 0 N–H and O–H groups in total. The third-order valence-corrected chi connectivity index (χ3v) is 5.50. The molecule has 3 fully saturated rings. The Bertz CT molecular complexity index is 336. The van der Waals surface area contributed by atoms with Crippen molar-refractivity contribution in [2.24, 2.45) is 0 Å². The standard InChI is InChI=1S/C16H28N2O2/c1-14(17-9-4-2-3-5-10-17)15(19)18-11-6-16(7-12-18)8-13-20-16/h14H,2-13H2,1H3. The van der Waals surface area contributed by atoms with Crippen LogP contribution in [-0.4, -0.2) is 60.1 Å². The van der Waals surface area contributed by atoms with Gasteiger partial charge in [-0.3, -0.25) is 9.69 Å². The maximum Gasteiger partial charge on any atom is 0.239 e. The van der Waals surface area contributed by atoms with E-state index in [1.807, 2.05) is 0 Å². The Balaban J connectivity index is 1.52. The molecule has 3 aliphatic heterocycles. The second kappa shape index (κ2) is 6.02. The molecular weight excluding hydrogens is 252 g/mol. The van der Waals surface area contributed by atoms with E-state index in [-0.39, 0.29) is 11.6 Å². The Kier molecular flexibility index (Phi) is 4.32. The number of ether oxygens (including phenoxy) is 1. The Morgan fingerprint density at radius 2 is 1.60 bits per heavy atom. The molecule has 0 aromatic heterocycles. The average Bonchev–Trinajstić information content (AvgIpc) is 2.73. The van der Waals surface area contributed by atoms with Crippen LogP contribution in [0.3, 0.4) is 0 Å². The number of likely N-dealkylation sites (tertiary alicyclic amines) is 2. The Morgan fingerprint density at radius 3 is 2.10 bits per heavy atom. The topological polar surface area (TPSA) is 32.8 Å². The zero-order valence-corrected chi connectivity index (χ0v) is 12.8. The van der Waals surface area contributed by atoms with Gasteiger partial charge in [-0.1, -0.05) is 12.8 Å². The average molecular weight is 280 g/mol. The number of hydrogen-bond acceptors (Lipinski definition) is 3. The van der Waals surface area contributed by atoms with Gasteiger partial charge in [-0.15, -0.1) is 0 Å². The predicted molar refractivity (Wildman–Crippen MR) is 78.6 cm³/mol. The highest BCUT2D eigenvalue weighted by atomic mass is 16.5. The van der Waals surface area contributed by atoms with Gasteiger partial charge >= 0.3 is 0 Å². The number of rotatable bonds is 2. The third kappa shape index (κ3) is 2.86. The third-order valence-electron chi connectivity index (χ3n) is 5.50. The van der Waals surface area contributed by atoms with Crippen molar-refractivity contribution in [3.05, 3.63) is 0 Å². The van der Waals surface area contributed by atoms with E-state index in [1.54, 1.807) is 0 Å². The van der Waals surface area contributed by atoms with Crippen molar-refractivity contribution in [2.75, 3.05) is 32.8 Å². The summed E-state index contributed by atoms with van der Waals surface area (Å²) in [6.07, 6.45) is 8.39. The van der Waals surface area contributed by atoms with Gasteiger partial charge in [0.25, 0.3) is 0 Å². The molecule has 0 aromatic carbocycles. The molecule has 20 heavy (non-hydrogen) atoms. The molecule has 4 nitrogen and oxygen atoms in total. The zero-order valence-electron chi connectivity index (χ0n) is 12.8. The minimum absolute atomic E-state index is 0.0597. The molecule has 3 aliphatic rings. The molecular formula is C16H28N2O2. The minimum Gasteiger partial charge on any atom is -0.375 e. The molecule has 1 amide bonds. The summed E-state index contributed by atoms with van der Waals surface area (Å²) >= 11 is 0. The highest BCUT2D eigenvalue weighted by Crippen LogP contribution is 2.36. The minimum atomic E-state index is 0.0597. The van der Waals surface area contributed by atoms with E-state index in [4.69, 9.17) is 4.74 Å². The SMILES string of the molecule is CC(C(=O)N1CCC2(CCO2)CC1)N1CCCCCC1. The molecule has 1 unspecified atom stereocenters. The van der Waals surface area contributed by atoms with Gasteiger partial charge in [0, 0.05) is 13.1 Å². The first-order valence-electron chi connectivity index (χ1n) is 8.37. The summed E-state index contributed by atoms with van der Waals surface area (Å²) in [5.74, 6) is 0.334. The van der Waals surface area contributed by atoms with Crippen molar-refractivity contribution in [3.63, 3.8) is 0 Å². The highest BCUT2D eigenvalue weighted by molar-refractivity contribution is 5.81. The van der Waals surface area contributed by atoms with Gasteiger partial charge in [0.15, 0.2) is 0 Å². The fourth-order valence-corrected chi connectivity index (χ4v) is 3.82. The van der Waals surface area contributed by atoms with E-state index in [2.05, 4.69) is 16.7 Å². The molecule has 0 bridgehead atoms. The summed E-state index contributed by atoms with van der Waals surface area (Å²) in [4.78, 5) is 17.1. The van der Waals surface area contributed by atoms with Gasteiger partial charge in [-0.05, 0) is 52.1 Å². The number of piperidine rings is 1. The fourth-order valence-electron chi connectivity index (χ4n) is 3.82. The number of hydrogen-bond donors (Lipinski definition) is 0. The van der Waals surface area contributed by atoms with Crippen LogP contribution in [0, 0.1) is 0 Å². The highest BCUT2D eigenvalue weighted by Gasteiger charge is 2.42. The second-order valence-electron chi connectivity index (χ2n) is 6.73. The molecule has 3 saturated heterocycles. The van der Waals surface area contributed by atoms with Crippen molar-refractivity contribution < 1.29 is 9.53 Å². The number of carbonyl (C=O) groups is 1. The van der Waals surface area contributed by atoms with Gasteiger partial charge < -0.3 is 9.64 Å². The number of amides is 1. The van der Waals surface area contributed by atoms with Crippen LogP contribution >= 0.6 is 0 Å². The summed E-state index contributed by atoms with van der Waals surface area (Å²) < 4.78 is 5.73. The van der Waals surface area contributed by atoms with Crippen molar-refractivity contribution in [1.29, 1.82) is 0 Å². The lowest BCUT2D eigenvalue weighted by molar-refractivity contribution is -0.177. The molecule has 4 heteroatoms. The maximum atomic E-state index is 12.7. The van der Waals surface area contributed by atoms with Crippen molar-refractivity contribution in [3.8, 4) is 0 Å². The lowest BCUT2D eigenvalue weighted by Gasteiger charge is -2.48. The number of nitrogens with zero attached hydrogens (tertiary/aromatic N) is 2. The van der Waals surface area contributed by atoms with Crippen LogP contribution in [-0.2, 0) is 9.53 Å². The Labute approximate surface area is 122 Å². The molecule has 1 spiro atoms. The summed E-state index contributed by atoms with van der Waals surface area (Å²) in [7, 11) is 0. The van der Waals surface area contributed by atoms with Crippen molar-refractivity contribution in [1.82, 2.24) is 9.80 Å². The van der Waals surface area contributed by atoms with Crippen LogP contribution in [0.5, 0.6) is 0 Å². The molecule has 114 valence electrons. The first-order chi connectivity index (χ1) is 9.70. The van der Waals surface area contributed by atoms with Crippen molar-refractivity contribution >= 4 is 5.91 Å². The van der Waals surface area contributed by atoms with E-state index in [0.717, 1.165) is 45.6 Å². The molecule has 0 saturated carbocycles. The van der Waals surface area contributed by atoms with Gasteiger partial charge in [0.05, 0.1) is 18.2 Å². The van der Waals surface area contributed by atoms with Crippen LogP contribution in [0.15, 0.2) is 0 Å². The van der Waals surface area contributed by atoms with E-state index in [1.165, 1.54) is 32.1 Å². The van der Waals surface area contributed by atoms with E-state index in [9.17, 15) is 4.79 Å². The molecule has 0 radical (unpaired) electrons. The molecule has 3 rings (SSSR count). The van der Waals surface area contributed by atoms with Crippen LogP contribution in [0.25, 0.3) is 0 Å². The second-order valence-corrected chi connectivity index (χ2v) is 6.73. The predicted octanol–water partition coefficient (Wildman–Crippen LogP) is 2.03. The number of carbonyl (C=O) groups excluding carboxylic acids is 1.